The lowest BCUT2D eigenvalue weighted by Crippen LogP contribution is -2.40. The molecule has 0 spiro atoms. The lowest BCUT2D eigenvalue weighted by Gasteiger charge is -2.36. The first-order chi connectivity index (χ1) is 18.0. The number of allylic oxidation sites excluding steroid dienone is 1. The Morgan fingerprint density at radius 3 is 2.27 bits per heavy atom. The molecule has 0 saturated heterocycles. The van der Waals surface area contributed by atoms with Gasteiger partial charge in [-0.1, -0.05) is 42.5 Å². The van der Waals surface area contributed by atoms with E-state index in [0.29, 0.717) is 17.7 Å². The summed E-state index contributed by atoms with van der Waals surface area (Å²) in [5, 5.41) is 10.2. The van der Waals surface area contributed by atoms with Crippen LogP contribution in [0, 0.1) is 11.3 Å². The minimum Gasteiger partial charge on any atom is -0.466 e. The molecular weight excluding hydrogens is 468 g/mol. The van der Waals surface area contributed by atoms with Gasteiger partial charge in [0.05, 0.1) is 37.4 Å². The molecule has 0 fully saturated rings. The van der Waals surface area contributed by atoms with Crippen LogP contribution in [0.3, 0.4) is 0 Å². The van der Waals surface area contributed by atoms with Gasteiger partial charge in [0.25, 0.3) is 0 Å². The average molecular weight is 495 g/mol. The van der Waals surface area contributed by atoms with Gasteiger partial charge in [0.2, 0.25) is 0 Å². The molecule has 3 aromatic rings. The summed E-state index contributed by atoms with van der Waals surface area (Å²) in [5.41, 5.74) is 9.85. The Labute approximate surface area is 215 Å². The van der Waals surface area contributed by atoms with Crippen molar-refractivity contribution < 1.29 is 19.1 Å². The number of nitrogens with zero attached hydrogens (tertiary/aromatic N) is 3. The second-order valence-corrected chi connectivity index (χ2v) is 8.36. The van der Waals surface area contributed by atoms with Gasteiger partial charge in [-0.3, -0.25) is 9.88 Å². The van der Waals surface area contributed by atoms with E-state index >= 15 is 0 Å². The fourth-order valence-electron chi connectivity index (χ4n) is 4.47. The summed E-state index contributed by atoms with van der Waals surface area (Å²) in [5.74, 6) is -2.40. The summed E-state index contributed by atoms with van der Waals surface area (Å²) < 4.78 is 10.2. The van der Waals surface area contributed by atoms with Gasteiger partial charge in [-0.25, -0.2) is 9.59 Å². The first-order valence-corrected chi connectivity index (χ1v) is 11.6. The zero-order valence-corrected chi connectivity index (χ0v) is 20.5. The van der Waals surface area contributed by atoms with Crippen molar-refractivity contribution in [2.45, 2.75) is 18.8 Å². The van der Waals surface area contributed by atoms with E-state index in [9.17, 15) is 14.9 Å². The Kier molecular flexibility index (Phi) is 7.65. The highest BCUT2D eigenvalue weighted by atomic mass is 16.5. The van der Waals surface area contributed by atoms with Gasteiger partial charge >= 0.3 is 11.9 Å². The van der Waals surface area contributed by atoms with Crippen molar-refractivity contribution in [1.29, 1.82) is 5.26 Å². The van der Waals surface area contributed by atoms with Crippen LogP contribution in [0.25, 0.3) is 0 Å². The molecule has 0 bridgehead atoms. The van der Waals surface area contributed by atoms with Crippen molar-refractivity contribution in [3.63, 3.8) is 0 Å². The van der Waals surface area contributed by atoms with Gasteiger partial charge in [0, 0.05) is 18.1 Å². The highest BCUT2D eigenvalue weighted by Gasteiger charge is 2.42. The fourth-order valence-corrected chi connectivity index (χ4v) is 4.47. The number of nitriles is 1. The number of hydrogen-bond donors (Lipinski definition) is 1. The minimum absolute atomic E-state index is 0.0199. The second-order valence-electron chi connectivity index (χ2n) is 8.36. The average Bonchev–Trinajstić information content (AvgIpc) is 2.95. The molecule has 2 heterocycles. The van der Waals surface area contributed by atoms with Crippen LogP contribution in [-0.4, -0.2) is 31.1 Å². The number of rotatable bonds is 7. The van der Waals surface area contributed by atoms with Crippen molar-refractivity contribution >= 4 is 17.6 Å². The smallest absolute Gasteiger partial charge is 0.355 e. The maximum Gasteiger partial charge on any atom is 0.355 e. The monoisotopic (exact) mass is 494 g/mol. The first-order valence-electron chi connectivity index (χ1n) is 11.6. The molecule has 0 aliphatic carbocycles. The number of ether oxygens (including phenoxy) is 2. The maximum atomic E-state index is 13.2. The van der Waals surface area contributed by atoms with Crippen molar-refractivity contribution in [2.24, 2.45) is 5.73 Å². The third-order valence-corrected chi connectivity index (χ3v) is 6.23. The summed E-state index contributed by atoms with van der Waals surface area (Å²) >= 11 is 0. The summed E-state index contributed by atoms with van der Waals surface area (Å²) in [7, 11) is 2.45. The van der Waals surface area contributed by atoms with Gasteiger partial charge < -0.3 is 15.2 Å². The minimum atomic E-state index is -0.904. The van der Waals surface area contributed by atoms with Crippen LogP contribution in [0.2, 0.25) is 0 Å². The molecule has 1 aromatic heterocycles. The standard InChI is InChI=1S/C29H26N4O4/c1-36-28(34)25-24(21-8-4-3-5-9-21)23(18-30)27(31)33(26(25)29(35)37-2)22-10-6-7-20(17-22)12-11-19-13-15-32-16-14-19/h3-10,13-17,24H,11-12,31H2,1-2H3. The van der Waals surface area contributed by atoms with Crippen molar-refractivity contribution in [2.75, 3.05) is 19.1 Å². The van der Waals surface area contributed by atoms with Crippen molar-refractivity contribution in [3.05, 3.63) is 118 Å². The van der Waals surface area contributed by atoms with Crippen LogP contribution in [-0.2, 0) is 31.9 Å². The molecule has 1 unspecified atom stereocenters. The highest BCUT2D eigenvalue weighted by Crippen LogP contribution is 2.43. The Morgan fingerprint density at radius 2 is 1.62 bits per heavy atom. The SMILES string of the molecule is COC(=O)C1=C(C(=O)OC)N(c2cccc(CCc3ccncc3)c2)C(N)=C(C#N)C1c1ccccc1. The van der Waals surface area contributed by atoms with E-state index in [-0.39, 0.29) is 22.7 Å². The Morgan fingerprint density at radius 1 is 0.946 bits per heavy atom. The topological polar surface area (TPSA) is 119 Å². The first kappa shape index (κ1) is 25.2. The molecule has 8 nitrogen and oxygen atoms in total. The van der Waals surface area contributed by atoms with Crippen LogP contribution in [0.15, 0.2) is 102 Å². The summed E-state index contributed by atoms with van der Waals surface area (Å²) in [6.45, 7) is 0. The van der Waals surface area contributed by atoms with E-state index in [4.69, 9.17) is 15.2 Å². The molecule has 4 rings (SSSR count). The third kappa shape index (κ3) is 5.07. The van der Waals surface area contributed by atoms with Crippen LogP contribution in [0.4, 0.5) is 5.69 Å². The predicted molar refractivity (Wildman–Crippen MR) is 138 cm³/mol. The van der Waals surface area contributed by atoms with Crippen molar-refractivity contribution in [1.82, 2.24) is 4.98 Å². The van der Waals surface area contributed by atoms with E-state index in [1.165, 1.54) is 19.1 Å². The Balaban J connectivity index is 1.87. The van der Waals surface area contributed by atoms with Gasteiger partial charge in [-0.15, -0.1) is 0 Å². The molecule has 2 aromatic carbocycles. The van der Waals surface area contributed by atoms with Gasteiger partial charge in [-0.2, -0.15) is 5.26 Å². The number of aromatic nitrogens is 1. The lowest BCUT2D eigenvalue weighted by molar-refractivity contribution is -0.139. The number of pyridine rings is 1. The fraction of sp³-hybridized carbons (Fsp3) is 0.172. The Hall–Kier alpha value is -4.90. The number of anilines is 1. The molecule has 0 saturated carbocycles. The summed E-state index contributed by atoms with van der Waals surface area (Å²) in [4.78, 5) is 31.8. The zero-order valence-electron chi connectivity index (χ0n) is 20.5. The predicted octanol–water partition coefficient (Wildman–Crippen LogP) is 3.76. The summed E-state index contributed by atoms with van der Waals surface area (Å²) in [6, 6.07) is 22.4. The molecule has 0 radical (unpaired) electrons. The number of esters is 2. The van der Waals surface area contributed by atoms with E-state index in [2.05, 4.69) is 11.1 Å². The van der Waals surface area contributed by atoms with Crippen LogP contribution < -0.4 is 10.6 Å². The largest absolute Gasteiger partial charge is 0.466 e. The van der Waals surface area contributed by atoms with Crippen LogP contribution in [0.1, 0.15) is 22.6 Å². The molecule has 1 aliphatic rings. The van der Waals surface area contributed by atoms with Gasteiger partial charge in [-0.05, 0) is 53.8 Å². The molecule has 8 heteroatoms. The molecule has 186 valence electrons. The highest BCUT2D eigenvalue weighted by molar-refractivity contribution is 6.06. The number of hydrogen-bond acceptors (Lipinski definition) is 8. The van der Waals surface area contributed by atoms with Crippen molar-refractivity contribution in [3.8, 4) is 6.07 Å². The molecule has 0 amide bonds. The number of nitrogens with two attached hydrogens (primary N) is 1. The molecular formula is C29H26N4O4. The maximum absolute atomic E-state index is 13.2. The van der Waals surface area contributed by atoms with E-state index < -0.39 is 17.9 Å². The molecule has 37 heavy (non-hydrogen) atoms. The molecule has 1 atom stereocenters. The number of benzene rings is 2. The van der Waals surface area contributed by atoms with Gasteiger partial charge in [0.15, 0.2) is 0 Å². The van der Waals surface area contributed by atoms with Crippen LogP contribution in [0.5, 0.6) is 0 Å². The normalized spacial score (nSPS) is 15.3. The van der Waals surface area contributed by atoms with Gasteiger partial charge in [0.1, 0.15) is 11.5 Å². The van der Waals surface area contributed by atoms with Crippen LogP contribution >= 0.6 is 0 Å². The second kappa shape index (κ2) is 11.2. The number of carbonyl (C=O) groups excluding carboxylic acids is 2. The number of aryl methyl sites for hydroxylation is 2. The van der Waals surface area contributed by atoms with E-state index in [1.54, 1.807) is 42.7 Å². The lowest BCUT2D eigenvalue weighted by atomic mass is 9.81. The quantitative estimate of drug-likeness (QED) is 0.493. The summed E-state index contributed by atoms with van der Waals surface area (Å²) in [6.07, 6.45) is 5.00. The third-order valence-electron chi connectivity index (χ3n) is 6.23. The zero-order chi connectivity index (χ0) is 26.4. The molecule has 2 N–H and O–H groups in total. The Bertz CT molecular complexity index is 1410. The number of methoxy groups -OCH3 is 2. The van der Waals surface area contributed by atoms with E-state index in [0.717, 1.165) is 17.5 Å². The molecule has 1 aliphatic heterocycles. The number of carbonyl (C=O) groups is 2. The van der Waals surface area contributed by atoms with E-state index in [1.807, 2.05) is 36.4 Å².